The number of allylic oxidation sites excluding steroid dienone is 6. The van der Waals surface area contributed by atoms with Crippen molar-refractivity contribution in [2.24, 2.45) is 94.7 Å². The molecule has 15 N–H and O–H groups in total. The Hall–Kier alpha value is -6.82. The average molecular weight is 1360 g/mol. The molecule has 0 aliphatic carbocycles. The number of nitrogens with one attached hydrogen (secondary N) is 1. The van der Waals surface area contributed by atoms with Crippen molar-refractivity contribution < 1.29 is 88.6 Å². The number of imidazole rings is 1. The van der Waals surface area contributed by atoms with E-state index >= 15 is 0 Å². The Labute approximate surface area is 549 Å². The zero-order valence-electron chi connectivity index (χ0n) is 54.4. The van der Waals surface area contributed by atoms with Gasteiger partial charge in [0, 0.05) is 125 Å². The summed E-state index contributed by atoms with van der Waals surface area (Å²) in [6.07, 6.45) is -4.79. The van der Waals surface area contributed by atoms with Crippen LogP contribution < -0.4 is 44.6 Å². The van der Waals surface area contributed by atoms with Crippen molar-refractivity contribution in [3.8, 4) is 0 Å². The van der Waals surface area contributed by atoms with Crippen molar-refractivity contribution in [1.29, 1.82) is 5.46 Å². The van der Waals surface area contributed by atoms with E-state index in [0.29, 0.717) is 56.4 Å². The van der Waals surface area contributed by atoms with Crippen molar-refractivity contribution in [3.05, 3.63) is 69.2 Å². The number of hydrogen-bond acceptors (Lipinski definition) is 19. The van der Waals surface area contributed by atoms with Crippen LogP contribution in [-0.2, 0) is 73.5 Å². The number of nitrogens with zero attached hydrogens (tertiary/aromatic N) is 7. The first kappa shape index (κ1) is 75.2. The Balaban J connectivity index is 0.00000453. The summed E-state index contributed by atoms with van der Waals surface area (Å²) in [4.78, 5) is 128. The number of ether oxygens (including phenoxy) is 1. The molecule has 31 heteroatoms. The van der Waals surface area contributed by atoms with Gasteiger partial charge in [0.15, 0.2) is 6.23 Å². The molecule has 8 rings (SSSR count). The van der Waals surface area contributed by atoms with Gasteiger partial charge < -0.3 is 78.5 Å². The van der Waals surface area contributed by atoms with Gasteiger partial charge in [-0.05, 0) is 119 Å². The van der Waals surface area contributed by atoms with Crippen molar-refractivity contribution in [2.45, 2.75) is 189 Å². The molecule has 0 spiro atoms. The maximum atomic E-state index is 14.4. The largest absolute Gasteiger partial charge is 0 e. The summed E-state index contributed by atoms with van der Waals surface area (Å²) < 4.78 is 39.1. The summed E-state index contributed by atoms with van der Waals surface area (Å²) >= 11 is 0. The number of aliphatic imine (C=N–C) groups is 3. The van der Waals surface area contributed by atoms with Gasteiger partial charge in [0.05, 0.1) is 41.3 Å². The van der Waals surface area contributed by atoms with Crippen LogP contribution in [0, 0.1) is 64.6 Å². The molecule has 7 amide bonds. The second kappa shape index (κ2) is 28.6. The van der Waals surface area contributed by atoms with Crippen molar-refractivity contribution in [3.63, 3.8) is 0 Å². The molecule has 1 unspecified atom stereocenters. The second-order valence-corrected chi connectivity index (χ2v) is 28.3. The summed E-state index contributed by atoms with van der Waals surface area (Å²) in [5, 5.41) is 30.1. The topological polar surface area (TPSA) is 509 Å². The molecule has 1 aromatic heterocycles. The predicted octanol–water partition coefficient (Wildman–Crippen LogP) is 3.21. The van der Waals surface area contributed by atoms with Gasteiger partial charge in [0.2, 0.25) is 41.4 Å². The average Bonchev–Trinajstić information content (AvgIpc) is 1.53. The van der Waals surface area contributed by atoms with Gasteiger partial charge in [-0.25, -0.2) is 4.98 Å². The predicted molar refractivity (Wildman–Crippen MR) is 334 cm³/mol. The number of amides is 7. The molecule has 1 radical (unpaired) electrons. The van der Waals surface area contributed by atoms with Crippen LogP contribution in [0.3, 0.4) is 0 Å². The molecule has 7 heterocycles. The molecular weight excluding hydrogens is 1270 g/mol. The van der Waals surface area contributed by atoms with E-state index < -0.39 is 143 Å². The molecule has 2 aromatic rings. The number of rotatable bonds is 26. The first-order valence-electron chi connectivity index (χ1n) is 30.7. The number of benzene rings is 1. The summed E-state index contributed by atoms with van der Waals surface area (Å²) in [6.45, 7) is 19.0. The molecule has 93 heavy (non-hydrogen) atoms. The fraction of sp³-hybridized carbons (Fsp3) is 0.629. The number of aliphatic hydroxyl groups excluding tert-OH is 2. The zero-order chi connectivity index (χ0) is 68.7. The first-order chi connectivity index (χ1) is 42.8. The summed E-state index contributed by atoms with van der Waals surface area (Å²) in [7, 11) is -5.32. The van der Waals surface area contributed by atoms with Crippen LogP contribution in [0.15, 0.2) is 67.8 Å². The van der Waals surface area contributed by atoms with Crippen LogP contribution in [0.1, 0.15) is 150 Å². The summed E-state index contributed by atoms with van der Waals surface area (Å²) in [6, 6.07) is 2.65. The number of phosphoric acid groups is 1. The van der Waals surface area contributed by atoms with Gasteiger partial charge in [0.1, 0.15) is 18.3 Å². The number of carbonyl (C=O) groups excluding carboxylic acids is 7. The van der Waals surface area contributed by atoms with Gasteiger partial charge in [-0.1, -0.05) is 40.7 Å². The van der Waals surface area contributed by atoms with Crippen molar-refractivity contribution in [2.75, 3.05) is 13.2 Å². The van der Waals surface area contributed by atoms with E-state index in [9.17, 15) is 53.2 Å². The van der Waals surface area contributed by atoms with E-state index in [-0.39, 0.29) is 94.0 Å². The van der Waals surface area contributed by atoms with E-state index in [0.717, 1.165) is 11.1 Å². The third kappa shape index (κ3) is 14.7. The van der Waals surface area contributed by atoms with E-state index in [4.69, 9.17) is 78.7 Å². The Kier molecular flexibility index (Phi) is 23.2. The number of aryl methyl sites for hydroxylation is 2. The van der Waals surface area contributed by atoms with Crippen LogP contribution in [-0.4, -0.2) is 127 Å². The molecule has 6 aliphatic rings. The Morgan fingerprint density at radius 1 is 0.806 bits per heavy atom. The minimum absolute atomic E-state index is 0. The van der Waals surface area contributed by atoms with Gasteiger partial charge in [-0.15, -0.1) is 0 Å². The molecule has 2 saturated heterocycles. The van der Waals surface area contributed by atoms with Gasteiger partial charge in [0.25, 0.3) is 7.82 Å². The number of fused-ring (bicyclic) bond motifs is 7. The smallest absolute Gasteiger partial charge is 0 e. The molecule has 2 fully saturated rings. The number of hydrogen-bond donors (Lipinski definition) is 9. The molecular formula is C62H88CoN14O15P-. The SMILES string of the molecule is C/C1=C2/[N-][C@H]([C@H](CC(N)=O)[C@@]2(C)CCC(=O)NC[C@@H](C)OP(=O)([O-])O[C@H]2[C@@H](O)[C@@H](n3cnc4cc(C)c(C)cc43)O[C@@H]2CO)[C@]2(C)N=C(/C(C)=C3N=C(/C=C4N=C1[C@@H](CCC(N)=O)C\4(C)C)[C@@H](CCC(N)=O)[C@]\3(C)CC(N)=O)[C@@H](CCC(N)=O)[C@]2(C)CC(N)=O.N#[O+].[Co]. The second-order valence-electron chi connectivity index (χ2n) is 27.0. The fourth-order valence-electron chi connectivity index (χ4n) is 15.3. The quantitative estimate of drug-likeness (QED) is 0.0482. The van der Waals surface area contributed by atoms with Crippen LogP contribution in [0.2, 0.25) is 0 Å². The van der Waals surface area contributed by atoms with E-state index in [2.05, 4.69) is 10.3 Å². The number of aliphatic hydroxyl groups is 2. The maximum absolute atomic E-state index is 14.4. The number of carbonyl (C=O) groups is 7. The molecule has 15 atom stereocenters. The van der Waals surface area contributed by atoms with E-state index in [1.807, 2.05) is 80.5 Å². The van der Waals surface area contributed by atoms with Gasteiger partial charge in [-0.2, -0.15) is 5.70 Å². The zero-order valence-corrected chi connectivity index (χ0v) is 56.3. The third-order valence-electron chi connectivity index (χ3n) is 20.5. The first-order valence-corrected chi connectivity index (χ1v) is 32.1. The van der Waals surface area contributed by atoms with Crippen LogP contribution >= 0.6 is 7.82 Å². The molecule has 0 saturated carbocycles. The number of aromatic nitrogens is 2. The van der Waals surface area contributed by atoms with Gasteiger partial charge in [-0.3, -0.25) is 53.1 Å². The molecule has 8 bridgehead atoms. The number of nitrogens with two attached hydrogens (primary N) is 6. The minimum Gasteiger partial charge on any atom is 0 e. The van der Waals surface area contributed by atoms with Crippen LogP contribution in [0.25, 0.3) is 16.4 Å². The Morgan fingerprint density at radius 3 is 1.96 bits per heavy atom. The third-order valence-corrected chi connectivity index (χ3v) is 21.6. The Bertz CT molecular complexity index is 3600. The van der Waals surface area contributed by atoms with Crippen molar-refractivity contribution >= 4 is 77.3 Å². The van der Waals surface area contributed by atoms with Gasteiger partial charge >= 0.3 is 10.2 Å². The standard InChI is InChI=1S/C62H90N13O14P.Co.NO/c1-29-20-39-40(21-30(29)2)75(28-70-39)57-52(84)53(41(27-76)87-57)89-90(85,86)88-31(3)26-69-49(83)18-19-59(8)37(22-46(66)80)56-62(11)61(10,25-48(68)82)36(14-17-45(65)79)51(74-62)33(5)55-60(9,24-47(67)81)34(12-15-43(63)77)38(71-55)23-42-58(6,7)35(13-16-44(64)78)50(72-42)32(4)54(59)73-56;;1-2/h20-21,23,28,31,34-37,41,52-53,56-57,76,84H,12-19,22,24-27H2,1-11H3,(H15,63,64,65,66,67,68,69,71,72,73,74,77,78,79,80,81,82,83,85,86);;/q;;+1/p-2/t31-,34-,35-,36-,37+,41-,52-,53-,56-,57+,59-,60+,61+,62+;;/m1../s1. The van der Waals surface area contributed by atoms with E-state index in [1.54, 1.807) is 6.92 Å². The fourth-order valence-corrected chi connectivity index (χ4v) is 16.4. The molecule has 1 aromatic carbocycles. The van der Waals surface area contributed by atoms with Crippen LogP contribution in [0.5, 0.6) is 0 Å². The Morgan fingerprint density at radius 2 is 1.39 bits per heavy atom. The van der Waals surface area contributed by atoms with Crippen molar-refractivity contribution in [1.82, 2.24) is 14.9 Å². The number of phosphoric ester groups is 1. The summed E-state index contributed by atoms with van der Waals surface area (Å²) in [5.41, 5.74) is 42.4. The van der Waals surface area contributed by atoms with Crippen LogP contribution in [0.4, 0.5) is 0 Å². The monoisotopic (exact) mass is 1360 g/mol. The molecule has 6 aliphatic heterocycles. The summed E-state index contributed by atoms with van der Waals surface area (Å²) in [5.74, 6) is -7.40. The number of primary amides is 6. The van der Waals surface area contributed by atoms with E-state index in [1.165, 1.54) is 17.8 Å². The molecule has 29 nitrogen and oxygen atoms in total. The normalized spacial score (nSPS) is 33.1. The molecule has 511 valence electrons. The minimum atomic E-state index is -5.32. The maximum Gasteiger partial charge on any atom is 0 e.